The van der Waals surface area contributed by atoms with Crippen LogP contribution in [0.15, 0.2) is 41.3 Å². The zero-order chi connectivity index (χ0) is 20.2. The van der Waals surface area contributed by atoms with Crippen LogP contribution < -0.4 is 13.8 Å². The molecule has 0 aromatic heterocycles. The highest BCUT2D eigenvalue weighted by molar-refractivity contribution is 7.92. The number of anilines is 1. The molecule has 2 atom stereocenters. The van der Waals surface area contributed by atoms with Crippen molar-refractivity contribution in [3.63, 3.8) is 0 Å². The third-order valence-electron chi connectivity index (χ3n) is 6.18. The molecule has 0 bridgehead atoms. The van der Waals surface area contributed by atoms with Crippen LogP contribution in [0.3, 0.4) is 0 Å². The molecule has 3 aliphatic rings. The monoisotopic (exact) mass is 414 g/mol. The van der Waals surface area contributed by atoms with Crippen LogP contribution in [0.25, 0.3) is 0 Å². The third-order valence-corrected chi connectivity index (χ3v) is 8.01. The summed E-state index contributed by atoms with van der Waals surface area (Å²) in [4.78, 5) is 2.55. The Balaban J connectivity index is 1.60. The minimum absolute atomic E-state index is 0.0519. The van der Waals surface area contributed by atoms with Gasteiger partial charge in [-0.25, -0.2) is 8.42 Å². The van der Waals surface area contributed by atoms with Crippen molar-refractivity contribution in [1.82, 2.24) is 4.90 Å². The summed E-state index contributed by atoms with van der Waals surface area (Å²) in [6, 6.07) is 11.0. The van der Waals surface area contributed by atoms with Gasteiger partial charge in [0.15, 0.2) is 11.5 Å². The summed E-state index contributed by atoms with van der Waals surface area (Å²) < 4.78 is 40.7. The van der Waals surface area contributed by atoms with E-state index in [4.69, 9.17) is 9.47 Å². The molecule has 0 unspecified atom stereocenters. The van der Waals surface area contributed by atoms with Gasteiger partial charge in [0.2, 0.25) is 0 Å². The number of nitrogens with zero attached hydrogens (tertiary/aromatic N) is 2. The molecule has 154 valence electrons. The quantitative estimate of drug-likeness (QED) is 0.756. The van der Waals surface area contributed by atoms with Crippen molar-refractivity contribution in [1.29, 1.82) is 0 Å². The molecule has 0 saturated carbocycles. The summed E-state index contributed by atoms with van der Waals surface area (Å²) in [7, 11) is -1.62. The van der Waals surface area contributed by atoms with Crippen LogP contribution in [0.2, 0.25) is 0 Å². The van der Waals surface area contributed by atoms with Crippen molar-refractivity contribution in [3.8, 4) is 11.5 Å². The molecule has 0 spiro atoms. The van der Waals surface area contributed by atoms with Crippen LogP contribution in [-0.2, 0) is 10.0 Å². The first-order valence-corrected chi connectivity index (χ1v) is 11.6. The van der Waals surface area contributed by atoms with Gasteiger partial charge < -0.3 is 14.4 Å². The molecule has 5 rings (SSSR count). The second kappa shape index (κ2) is 6.92. The molecule has 1 saturated heterocycles. The summed E-state index contributed by atoms with van der Waals surface area (Å²) in [5, 5.41) is 0. The fourth-order valence-corrected chi connectivity index (χ4v) is 6.52. The Morgan fingerprint density at radius 3 is 2.66 bits per heavy atom. The first-order valence-electron chi connectivity index (χ1n) is 10.2. The van der Waals surface area contributed by atoms with Gasteiger partial charge in [0.25, 0.3) is 10.0 Å². The molecule has 2 aromatic rings. The number of aryl methyl sites for hydroxylation is 1. The van der Waals surface area contributed by atoms with E-state index in [9.17, 15) is 8.42 Å². The third kappa shape index (κ3) is 3.07. The maximum absolute atomic E-state index is 13.8. The zero-order valence-corrected chi connectivity index (χ0v) is 17.6. The summed E-state index contributed by atoms with van der Waals surface area (Å²) in [5.41, 5.74) is 3.11. The highest BCUT2D eigenvalue weighted by atomic mass is 32.2. The fraction of sp³-hybridized carbons (Fsp3) is 0.455. The van der Waals surface area contributed by atoms with E-state index in [1.54, 1.807) is 22.5 Å². The van der Waals surface area contributed by atoms with Gasteiger partial charge in [-0.1, -0.05) is 17.7 Å². The van der Waals surface area contributed by atoms with Crippen LogP contribution in [0, 0.1) is 6.92 Å². The van der Waals surface area contributed by atoms with Crippen molar-refractivity contribution in [2.24, 2.45) is 0 Å². The minimum Gasteiger partial charge on any atom is -0.490 e. The smallest absolute Gasteiger partial charge is 0.264 e. The van der Waals surface area contributed by atoms with Crippen molar-refractivity contribution in [3.05, 3.63) is 47.5 Å². The normalized spacial score (nSPS) is 24.0. The van der Waals surface area contributed by atoms with Crippen LogP contribution in [0.5, 0.6) is 11.5 Å². The molecule has 3 aliphatic heterocycles. The molecular weight excluding hydrogens is 388 g/mol. The minimum atomic E-state index is -3.72. The van der Waals surface area contributed by atoms with Crippen molar-refractivity contribution in [2.75, 3.05) is 37.7 Å². The maximum atomic E-state index is 13.8. The molecule has 7 heteroatoms. The predicted molar refractivity (Wildman–Crippen MR) is 112 cm³/mol. The summed E-state index contributed by atoms with van der Waals surface area (Å²) >= 11 is 0. The van der Waals surface area contributed by atoms with E-state index in [-0.39, 0.29) is 16.9 Å². The lowest BCUT2D eigenvalue weighted by atomic mass is 9.89. The molecule has 2 aromatic carbocycles. The van der Waals surface area contributed by atoms with E-state index < -0.39 is 10.0 Å². The first kappa shape index (κ1) is 18.8. The number of hydrogen-bond donors (Lipinski definition) is 0. The van der Waals surface area contributed by atoms with Gasteiger partial charge in [0.05, 0.1) is 29.8 Å². The topological polar surface area (TPSA) is 59.1 Å². The lowest BCUT2D eigenvalue weighted by Gasteiger charge is -2.36. The Bertz CT molecular complexity index is 1050. The van der Waals surface area contributed by atoms with Crippen LogP contribution in [-0.4, -0.2) is 52.7 Å². The van der Waals surface area contributed by atoms with E-state index in [1.165, 1.54) is 0 Å². The second-order valence-electron chi connectivity index (χ2n) is 8.25. The number of ether oxygens (including phenoxy) is 2. The highest BCUT2D eigenvalue weighted by Crippen LogP contribution is 2.48. The van der Waals surface area contributed by atoms with Crippen LogP contribution in [0.1, 0.15) is 29.9 Å². The molecule has 29 heavy (non-hydrogen) atoms. The van der Waals surface area contributed by atoms with Gasteiger partial charge in [-0.3, -0.25) is 4.31 Å². The van der Waals surface area contributed by atoms with Gasteiger partial charge in [-0.05, 0) is 50.7 Å². The van der Waals surface area contributed by atoms with E-state index in [0.717, 1.165) is 42.7 Å². The van der Waals surface area contributed by atoms with Gasteiger partial charge in [-0.2, -0.15) is 0 Å². The first-order chi connectivity index (χ1) is 13.9. The van der Waals surface area contributed by atoms with Gasteiger partial charge in [0, 0.05) is 24.9 Å². The number of sulfonamides is 1. The van der Waals surface area contributed by atoms with Crippen LogP contribution in [0.4, 0.5) is 5.69 Å². The lowest BCUT2D eigenvalue weighted by molar-refractivity contribution is 0.237. The summed E-state index contributed by atoms with van der Waals surface area (Å²) in [6.07, 6.45) is 1.60. The Morgan fingerprint density at radius 2 is 1.83 bits per heavy atom. The number of piperidine rings is 1. The standard InChI is InChI=1S/C22H26N2O4S/c1-15-4-6-19-17(12-15)18-14-23(2)9-8-20(18)24(19)29(25,26)16-5-7-21-22(13-16)28-11-3-10-27-21/h4-7,12-13,18,20H,3,8-11,14H2,1-2H3/t18-,20+/m1/s1. The van der Waals surface area contributed by atoms with Crippen molar-refractivity contribution < 1.29 is 17.9 Å². The molecule has 1 fully saturated rings. The molecule has 0 N–H and O–H groups in total. The number of rotatable bonds is 2. The molecular formula is C22H26N2O4S. The molecule has 3 heterocycles. The van der Waals surface area contributed by atoms with Crippen LogP contribution >= 0.6 is 0 Å². The molecule has 0 radical (unpaired) electrons. The molecule has 0 amide bonds. The molecule has 0 aliphatic carbocycles. The Labute approximate surface area is 172 Å². The fourth-order valence-electron chi connectivity index (χ4n) is 4.76. The van der Waals surface area contributed by atoms with E-state index >= 15 is 0 Å². The van der Waals surface area contributed by atoms with Crippen molar-refractivity contribution >= 4 is 15.7 Å². The Hall–Kier alpha value is -2.25. The Morgan fingerprint density at radius 1 is 1.03 bits per heavy atom. The summed E-state index contributed by atoms with van der Waals surface area (Å²) in [6.45, 7) is 4.92. The number of benzene rings is 2. The van der Waals surface area contributed by atoms with E-state index in [1.807, 2.05) is 12.1 Å². The summed E-state index contributed by atoms with van der Waals surface area (Å²) in [5.74, 6) is 1.31. The highest BCUT2D eigenvalue weighted by Gasteiger charge is 2.46. The van der Waals surface area contributed by atoms with Gasteiger partial charge >= 0.3 is 0 Å². The maximum Gasteiger partial charge on any atom is 0.264 e. The van der Waals surface area contributed by atoms with E-state index in [0.29, 0.717) is 24.7 Å². The zero-order valence-electron chi connectivity index (χ0n) is 16.8. The predicted octanol–water partition coefficient (Wildman–Crippen LogP) is 3.15. The number of hydrogen-bond acceptors (Lipinski definition) is 5. The van der Waals surface area contributed by atoms with Crippen molar-refractivity contribution in [2.45, 2.75) is 36.6 Å². The SMILES string of the molecule is Cc1ccc2c(c1)[C@H]1CN(C)CC[C@@H]1N2S(=O)(=O)c1ccc2c(c1)OCCCO2. The molecule has 6 nitrogen and oxygen atoms in total. The Kier molecular flexibility index (Phi) is 4.47. The van der Waals surface area contributed by atoms with Gasteiger partial charge in [-0.15, -0.1) is 0 Å². The lowest BCUT2D eigenvalue weighted by Crippen LogP contribution is -2.47. The number of likely N-dealkylation sites (tertiary alicyclic amines) is 1. The number of fused-ring (bicyclic) bond motifs is 4. The number of likely N-dealkylation sites (N-methyl/N-ethyl adjacent to an activating group) is 1. The second-order valence-corrected chi connectivity index (χ2v) is 10.1. The average Bonchev–Trinajstić information content (AvgIpc) is 2.85. The largest absolute Gasteiger partial charge is 0.490 e. The average molecular weight is 415 g/mol. The van der Waals surface area contributed by atoms with Gasteiger partial charge in [0.1, 0.15) is 0 Å². The van der Waals surface area contributed by atoms with E-state index in [2.05, 4.69) is 24.9 Å².